The summed E-state index contributed by atoms with van der Waals surface area (Å²) in [6.07, 6.45) is 0. The van der Waals surface area contributed by atoms with E-state index in [-0.39, 0.29) is 11.1 Å². The molecule has 0 unspecified atom stereocenters. The van der Waals surface area contributed by atoms with Gasteiger partial charge in [0.2, 0.25) is 0 Å². The molecule has 9 heteroatoms. The molecule has 1 aromatic carbocycles. The molecule has 0 saturated carbocycles. The first kappa shape index (κ1) is 17.0. The van der Waals surface area contributed by atoms with Crippen molar-refractivity contribution in [2.24, 2.45) is 5.92 Å². The Kier molecular flexibility index (Phi) is 5.17. The molecule has 0 amide bonds. The van der Waals surface area contributed by atoms with Crippen molar-refractivity contribution in [1.29, 1.82) is 0 Å². The topological polar surface area (TPSA) is 64.8 Å². The SMILES string of the molecule is CC(C)Cn1c(-c2cc(Cl)ccc2I)nnc1S(=O)(=O)Cl. The van der Waals surface area contributed by atoms with Gasteiger partial charge in [0.15, 0.2) is 5.82 Å². The summed E-state index contributed by atoms with van der Waals surface area (Å²) in [5.41, 5.74) is 0.725. The van der Waals surface area contributed by atoms with Gasteiger partial charge in [0, 0.05) is 31.4 Å². The number of nitrogens with zero attached hydrogens (tertiary/aromatic N) is 3. The fourth-order valence-electron chi connectivity index (χ4n) is 1.87. The van der Waals surface area contributed by atoms with Gasteiger partial charge in [-0.25, -0.2) is 8.42 Å². The molecule has 0 aliphatic carbocycles. The van der Waals surface area contributed by atoms with Crippen LogP contribution in [-0.2, 0) is 15.6 Å². The van der Waals surface area contributed by atoms with E-state index in [0.29, 0.717) is 17.4 Å². The molecule has 0 atom stereocenters. The van der Waals surface area contributed by atoms with Crippen LogP contribution in [0.2, 0.25) is 5.02 Å². The predicted octanol–water partition coefficient (Wildman–Crippen LogP) is 3.79. The zero-order valence-electron chi connectivity index (χ0n) is 11.2. The zero-order chi connectivity index (χ0) is 15.8. The Morgan fingerprint density at radius 3 is 2.57 bits per heavy atom. The lowest BCUT2D eigenvalue weighted by atomic mass is 10.2. The highest BCUT2D eigenvalue weighted by molar-refractivity contribution is 14.1. The van der Waals surface area contributed by atoms with Crippen LogP contribution in [0.1, 0.15) is 13.8 Å². The van der Waals surface area contributed by atoms with Crippen LogP contribution in [0.15, 0.2) is 23.4 Å². The maximum absolute atomic E-state index is 11.6. The van der Waals surface area contributed by atoms with E-state index in [2.05, 4.69) is 32.8 Å². The lowest BCUT2D eigenvalue weighted by molar-refractivity contribution is 0.488. The summed E-state index contributed by atoms with van der Waals surface area (Å²) in [5, 5.41) is 8.02. The van der Waals surface area contributed by atoms with Gasteiger partial charge >= 0.3 is 0 Å². The lowest BCUT2D eigenvalue weighted by Crippen LogP contribution is -2.12. The fourth-order valence-corrected chi connectivity index (χ4v) is 3.52. The van der Waals surface area contributed by atoms with Gasteiger partial charge in [-0.2, -0.15) is 0 Å². The Hall–Kier alpha value is -0.380. The van der Waals surface area contributed by atoms with E-state index in [1.807, 2.05) is 19.9 Å². The van der Waals surface area contributed by atoms with Crippen molar-refractivity contribution in [2.45, 2.75) is 25.5 Å². The Morgan fingerprint density at radius 2 is 2.00 bits per heavy atom. The molecular formula is C12H12Cl2IN3O2S. The summed E-state index contributed by atoms with van der Waals surface area (Å²) in [6, 6.07) is 5.32. The normalized spacial score (nSPS) is 12.1. The Morgan fingerprint density at radius 1 is 1.33 bits per heavy atom. The molecule has 5 nitrogen and oxygen atoms in total. The van der Waals surface area contributed by atoms with E-state index < -0.39 is 9.05 Å². The summed E-state index contributed by atoms with van der Waals surface area (Å²) in [5.74, 6) is 0.642. The quantitative estimate of drug-likeness (QED) is 0.515. The minimum Gasteiger partial charge on any atom is -0.297 e. The van der Waals surface area contributed by atoms with Crippen molar-refractivity contribution in [3.05, 3.63) is 26.8 Å². The van der Waals surface area contributed by atoms with E-state index in [4.69, 9.17) is 22.3 Å². The molecule has 2 aromatic rings. The van der Waals surface area contributed by atoms with Crippen LogP contribution in [0.5, 0.6) is 0 Å². The maximum atomic E-state index is 11.6. The van der Waals surface area contributed by atoms with Gasteiger partial charge < -0.3 is 0 Å². The van der Waals surface area contributed by atoms with Crippen molar-refractivity contribution in [3.63, 3.8) is 0 Å². The summed E-state index contributed by atoms with van der Waals surface area (Å²) in [6.45, 7) is 4.38. The average molecular weight is 460 g/mol. The Balaban J connectivity index is 2.69. The molecule has 1 aromatic heterocycles. The third-order valence-electron chi connectivity index (χ3n) is 2.65. The molecule has 0 saturated heterocycles. The summed E-state index contributed by atoms with van der Waals surface area (Å²) < 4.78 is 25.7. The van der Waals surface area contributed by atoms with Gasteiger partial charge in [-0.15, -0.1) is 10.2 Å². The molecule has 0 N–H and O–H groups in total. The highest BCUT2D eigenvalue weighted by atomic mass is 127. The van der Waals surface area contributed by atoms with Crippen molar-refractivity contribution >= 4 is 53.9 Å². The molecule has 0 aliphatic heterocycles. The van der Waals surface area contributed by atoms with Crippen LogP contribution in [0.3, 0.4) is 0 Å². The van der Waals surface area contributed by atoms with Gasteiger partial charge in [0.1, 0.15) is 0 Å². The van der Waals surface area contributed by atoms with Gasteiger partial charge in [-0.05, 0) is 46.7 Å². The number of aromatic nitrogens is 3. The fraction of sp³-hybridized carbons (Fsp3) is 0.333. The Labute approximate surface area is 146 Å². The third kappa shape index (κ3) is 3.88. The standard InChI is InChI=1S/C12H12Cl2IN3O2S/c1-7(2)6-18-11(16-17-12(18)21(14,19)20)9-5-8(13)3-4-10(9)15/h3-5,7H,6H2,1-2H3. The van der Waals surface area contributed by atoms with E-state index >= 15 is 0 Å². The smallest absolute Gasteiger partial charge is 0.296 e. The molecule has 0 fully saturated rings. The van der Waals surface area contributed by atoms with Crippen LogP contribution in [0.25, 0.3) is 11.4 Å². The molecule has 0 radical (unpaired) electrons. The number of hydrogen-bond donors (Lipinski definition) is 0. The number of halogens is 3. The predicted molar refractivity (Wildman–Crippen MR) is 91.1 cm³/mol. The molecule has 1 heterocycles. The minimum atomic E-state index is -3.96. The van der Waals surface area contributed by atoms with Crippen LogP contribution < -0.4 is 0 Å². The maximum Gasteiger partial charge on any atom is 0.296 e. The van der Waals surface area contributed by atoms with Crippen molar-refractivity contribution < 1.29 is 8.42 Å². The summed E-state index contributed by atoms with van der Waals surface area (Å²) in [7, 11) is 1.48. The first-order valence-corrected chi connectivity index (χ1v) is 9.80. The monoisotopic (exact) mass is 459 g/mol. The molecule has 114 valence electrons. The van der Waals surface area contributed by atoms with E-state index in [1.165, 1.54) is 4.57 Å². The second-order valence-electron chi connectivity index (χ2n) is 4.87. The largest absolute Gasteiger partial charge is 0.297 e. The molecule has 0 bridgehead atoms. The minimum absolute atomic E-state index is 0.203. The summed E-state index contributed by atoms with van der Waals surface area (Å²) >= 11 is 8.16. The van der Waals surface area contributed by atoms with Crippen molar-refractivity contribution in [1.82, 2.24) is 14.8 Å². The van der Waals surface area contributed by atoms with E-state index in [9.17, 15) is 8.42 Å². The molecular weight excluding hydrogens is 448 g/mol. The number of rotatable bonds is 4. The highest BCUT2D eigenvalue weighted by Gasteiger charge is 2.24. The van der Waals surface area contributed by atoms with Crippen molar-refractivity contribution in [3.8, 4) is 11.4 Å². The third-order valence-corrected chi connectivity index (χ3v) is 4.98. The first-order valence-electron chi connectivity index (χ1n) is 6.03. The van der Waals surface area contributed by atoms with E-state index in [1.54, 1.807) is 12.1 Å². The second-order valence-corrected chi connectivity index (χ2v) is 8.93. The van der Waals surface area contributed by atoms with Gasteiger partial charge in [0.05, 0.1) is 0 Å². The first-order chi connectivity index (χ1) is 9.70. The zero-order valence-corrected chi connectivity index (χ0v) is 15.7. The number of hydrogen-bond acceptors (Lipinski definition) is 4. The van der Waals surface area contributed by atoms with Crippen LogP contribution >= 0.6 is 44.9 Å². The van der Waals surface area contributed by atoms with Gasteiger partial charge in [-0.1, -0.05) is 25.4 Å². The molecule has 0 aliphatic rings. The van der Waals surface area contributed by atoms with Gasteiger partial charge in [-0.3, -0.25) is 4.57 Å². The van der Waals surface area contributed by atoms with Crippen molar-refractivity contribution in [2.75, 3.05) is 0 Å². The number of benzene rings is 1. The van der Waals surface area contributed by atoms with Crippen LogP contribution in [0, 0.1) is 9.49 Å². The molecule has 21 heavy (non-hydrogen) atoms. The summed E-state index contributed by atoms with van der Waals surface area (Å²) in [4.78, 5) is 0. The van der Waals surface area contributed by atoms with Crippen LogP contribution in [0.4, 0.5) is 0 Å². The lowest BCUT2D eigenvalue weighted by Gasteiger charge is -2.12. The highest BCUT2D eigenvalue weighted by Crippen LogP contribution is 2.29. The molecule has 2 rings (SSSR count). The molecule has 0 spiro atoms. The van der Waals surface area contributed by atoms with Gasteiger partial charge in [0.25, 0.3) is 14.2 Å². The Bertz CT molecular complexity index is 775. The average Bonchev–Trinajstić information content (AvgIpc) is 2.74. The second kappa shape index (κ2) is 6.39. The van der Waals surface area contributed by atoms with Crippen LogP contribution in [-0.4, -0.2) is 23.2 Å². The van der Waals surface area contributed by atoms with E-state index in [0.717, 1.165) is 9.13 Å².